The highest BCUT2D eigenvalue weighted by atomic mass is 79.9. The second kappa shape index (κ2) is 4.90. The number of aromatic nitrogens is 2. The molecule has 0 spiro atoms. The molecule has 3 nitrogen and oxygen atoms in total. The van der Waals surface area contributed by atoms with E-state index in [1.54, 1.807) is 12.1 Å². The number of rotatable bonds is 2. The van der Waals surface area contributed by atoms with Crippen LogP contribution in [0.5, 0.6) is 5.75 Å². The molecule has 20 heavy (non-hydrogen) atoms. The first-order valence-corrected chi connectivity index (χ1v) is 6.88. The second-order valence-corrected chi connectivity index (χ2v) is 5.29. The predicted octanol–water partition coefficient (Wildman–Crippen LogP) is 4.22. The maximum absolute atomic E-state index is 14.1. The molecule has 0 aliphatic carbocycles. The molecule has 3 rings (SSSR count). The minimum absolute atomic E-state index is 0.343. The molecule has 0 amide bonds. The van der Waals surface area contributed by atoms with Crippen molar-refractivity contribution in [2.45, 2.75) is 6.92 Å². The summed E-state index contributed by atoms with van der Waals surface area (Å²) in [6, 6.07) is 8.57. The second-order valence-electron chi connectivity index (χ2n) is 4.44. The highest BCUT2D eigenvalue weighted by molar-refractivity contribution is 9.10. The zero-order valence-corrected chi connectivity index (χ0v) is 12.6. The van der Waals surface area contributed by atoms with Gasteiger partial charge >= 0.3 is 0 Å². The molecule has 3 aromatic rings. The summed E-state index contributed by atoms with van der Waals surface area (Å²) in [5, 5.41) is 0. The van der Waals surface area contributed by atoms with E-state index < -0.39 is 0 Å². The zero-order chi connectivity index (χ0) is 14.3. The Bertz CT molecular complexity index is 798. The lowest BCUT2D eigenvalue weighted by Gasteiger charge is -2.06. The van der Waals surface area contributed by atoms with Crippen LogP contribution < -0.4 is 4.74 Å². The number of hydrogen-bond donors (Lipinski definition) is 0. The third-order valence-electron chi connectivity index (χ3n) is 3.27. The number of nitrogens with zero attached hydrogens (tertiary/aromatic N) is 2. The number of fused-ring (bicyclic) bond motifs is 1. The van der Waals surface area contributed by atoms with E-state index in [1.807, 2.05) is 29.7 Å². The highest BCUT2D eigenvalue weighted by Gasteiger charge is 2.15. The minimum atomic E-state index is -0.343. The average Bonchev–Trinajstić information content (AvgIpc) is 2.87. The van der Waals surface area contributed by atoms with E-state index in [0.717, 1.165) is 15.8 Å². The number of methoxy groups -OCH3 is 1. The molecule has 2 aromatic heterocycles. The maximum Gasteiger partial charge on any atom is 0.137 e. The minimum Gasteiger partial charge on any atom is -0.496 e. The number of hydrogen-bond acceptors (Lipinski definition) is 2. The van der Waals surface area contributed by atoms with Gasteiger partial charge in [-0.25, -0.2) is 9.37 Å². The first kappa shape index (κ1) is 13.1. The van der Waals surface area contributed by atoms with Crippen LogP contribution in [-0.2, 0) is 0 Å². The maximum atomic E-state index is 14.1. The standard InChI is InChI=1S/C15H12BrFN2O/c1-9-10(16)6-7-14-18-12(8-19(9)14)15-11(17)4-3-5-13(15)20-2/h3-8H,1-2H3. The van der Waals surface area contributed by atoms with Crippen molar-refractivity contribution >= 4 is 21.6 Å². The Morgan fingerprint density at radius 2 is 2.05 bits per heavy atom. The van der Waals surface area contributed by atoms with Crippen LogP contribution in [0, 0.1) is 12.7 Å². The van der Waals surface area contributed by atoms with Gasteiger partial charge in [-0.2, -0.15) is 0 Å². The quantitative estimate of drug-likeness (QED) is 0.701. The van der Waals surface area contributed by atoms with E-state index in [-0.39, 0.29) is 5.82 Å². The van der Waals surface area contributed by atoms with Crippen LogP contribution in [0.2, 0.25) is 0 Å². The fourth-order valence-electron chi connectivity index (χ4n) is 2.21. The molecule has 0 aliphatic heterocycles. The third kappa shape index (κ3) is 1.98. The summed E-state index contributed by atoms with van der Waals surface area (Å²) in [5.41, 5.74) is 2.72. The lowest BCUT2D eigenvalue weighted by Crippen LogP contribution is -1.91. The van der Waals surface area contributed by atoms with Crippen molar-refractivity contribution in [3.63, 3.8) is 0 Å². The molecule has 0 N–H and O–H groups in total. The molecular weight excluding hydrogens is 323 g/mol. The Kier molecular flexibility index (Phi) is 3.22. The van der Waals surface area contributed by atoms with Crippen molar-refractivity contribution < 1.29 is 9.13 Å². The van der Waals surface area contributed by atoms with Crippen LogP contribution in [-0.4, -0.2) is 16.5 Å². The van der Waals surface area contributed by atoms with Crippen LogP contribution in [0.15, 0.2) is 41.0 Å². The highest BCUT2D eigenvalue weighted by Crippen LogP contribution is 2.32. The lowest BCUT2D eigenvalue weighted by atomic mass is 10.1. The third-order valence-corrected chi connectivity index (χ3v) is 4.11. The van der Waals surface area contributed by atoms with Gasteiger partial charge in [-0.15, -0.1) is 0 Å². The Labute approximate surface area is 124 Å². The summed E-state index contributed by atoms with van der Waals surface area (Å²) in [6.45, 7) is 1.97. The van der Waals surface area contributed by atoms with Crippen LogP contribution in [0.1, 0.15) is 5.69 Å². The summed E-state index contributed by atoms with van der Waals surface area (Å²) in [5.74, 6) is 0.134. The van der Waals surface area contributed by atoms with E-state index in [0.29, 0.717) is 17.0 Å². The molecule has 0 fully saturated rings. The Morgan fingerprint density at radius 3 is 2.80 bits per heavy atom. The zero-order valence-electron chi connectivity index (χ0n) is 11.0. The van der Waals surface area contributed by atoms with E-state index >= 15 is 0 Å². The number of imidazole rings is 1. The van der Waals surface area contributed by atoms with Crippen molar-refractivity contribution in [2.75, 3.05) is 7.11 Å². The molecule has 0 saturated heterocycles. The van der Waals surface area contributed by atoms with Gasteiger partial charge in [0.05, 0.1) is 18.4 Å². The molecular formula is C15H12BrFN2O. The first-order valence-electron chi connectivity index (χ1n) is 6.09. The van der Waals surface area contributed by atoms with Gasteiger partial charge in [-0.3, -0.25) is 0 Å². The summed E-state index contributed by atoms with van der Waals surface area (Å²) in [4.78, 5) is 4.48. The molecule has 0 radical (unpaired) electrons. The Morgan fingerprint density at radius 1 is 1.25 bits per heavy atom. The summed E-state index contributed by atoms with van der Waals surface area (Å²) >= 11 is 3.48. The number of pyridine rings is 1. The van der Waals surface area contributed by atoms with E-state index in [4.69, 9.17) is 4.74 Å². The van der Waals surface area contributed by atoms with Gasteiger partial charge in [0.15, 0.2) is 0 Å². The number of halogens is 2. The molecule has 102 valence electrons. The van der Waals surface area contributed by atoms with Crippen LogP contribution in [0.4, 0.5) is 4.39 Å². The molecule has 0 atom stereocenters. The van der Waals surface area contributed by atoms with E-state index in [2.05, 4.69) is 20.9 Å². The van der Waals surface area contributed by atoms with Crippen LogP contribution in [0.25, 0.3) is 16.9 Å². The molecule has 0 unspecified atom stereocenters. The molecule has 0 aliphatic rings. The SMILES string of the molecule is COc1cccc(F)c1-c1cn2c(C)c(Br)ccc2n1. The molecule has 0 bridgehead atoms. The smallest absolute Gasteiger partial charge is 0.137 e. The van der Waals surface area contributed by atoms with Crippen molar-refractivity contribution in [1.82, 2.24) is 9.38 Å². The molecule has 1 aromatic carbocycles. The Balaban J connectivity index is 2.28. The van der Waals surface area contributed by atoms with E-state index in [1.165, 1.54) is 13.2 Å². The first-order chi connectivity index (χ1) is 9.61. The van der Waals surface area contributed by atoms with Crippen LogP contribution in [0.3, 0.4) is 0 Å². The fraction of sp³-hybridized carbons (Fsp3) is 0.133. The largest absolute Gasteiger partial charge is 0.496 e. The van der Waals surface area contributed by atoms with Crippen molar-refractivity contribution in [3.05, 3.63) is 52.5 Å². The normalized spacial score (nSPS) is 11.0. The predicted molar refractivity (Wildman–Crippen MR) is 79.6 cm³/mol. The van der Waals surface area contributed by atoms with Crippen molar-refractivity contribution in [1.29, 1.82) is 0 Å². The van der Waals surface area contributed by atoms with Gasteiger partial charge in [0.1, 0.15) is 17.2 Å². The fourth-order valence-corrected chi connectivity index (χ4v) is 2.53. The Hall–Kier alpha value is -1.88. The van der Waals surface area contributed by atoms with E-state index in [9.17, 15) is 4.39 Å². The van der Waals surface area contributed by atoms with Gasteiger partial charge < -0.3 is 9.14 Å². The van der Waals surface area contributed by atoms with Crippen molar-refractivity contribution in [3.8, 4) is 17.0 Å². The molecule has 5 heteroatoms. The number of aryl methyl sites for hydroxylation is 1. The van der Waals surface area contributed by atoms with Gasteiger partial charge in [0.25, 0.3) is 0 Å². The lowest BCUT2D eigenvalue weighted by molar-refractivity contribution is 0.413. The van der Waals surface area contributed by atoms with Crippen LogP contribution >= 0.6 is 15.9 Å². The monoisotopic (exact) mass is 334 g/mol. The van der Waals surface area contributed by atoms with Gasteiger partial charge in [0, 0.05) is 16.4 Å². The van der Waals surface area contributed by atoms with Gasteiger partial charge in [-0.1, -0.05) is 6.07 Å². The topological polar surface area (TPSA) is 26.5 Å². The van der Waals surface area contributed by atoms with Gasteiger partial charge in [0.2, 0.25) is 0 Å². The van der Waals surface area contributed by atoms with Gasteiger partial charge in [-0.05, 0) is 47.1 Å². The molecule has 0 saturated carbocycles. The summed E-state index contributed by atoms with van der Waals surface area (Å²) in [6.07, 6.45) is 1.82. The molecule has 2 heterocycles. The number of benzene rings is 1. The summed E-state index contributed by atoms with van der Waals surface area (Å²) < 4.78 is 22.2. The average molecular weight is 335 g/mol. The number of ether oxygens (including phenoxy) is 1. The van der Waals surface area contributed by atoms with Crippen molar-refractivity contribution in [2.24, 2.45) is 0 Å². The summed E-state index contributed by atoms with van der Waals surface area (Å²) in [7, 11) is 1.52.